The molecule has 7 heteroatoms. The van der Waals surface area contributed by atoms with Crippen molar-refractivity contribution < 1.29 is 14.3 Å². The van der Waals surface area contributed by atoms with Crippen molar-refractivity contribution in [1.82, 2.24) is 4.98 Å². The van der Waals surface area contributed by atoms with Gasteiger partial charge in [0.25, 0.3) is 5.91 Å². The van der Waals surface area contributed by atoms with Gasteiger partial charge >= 0.3 is 5.97 Å². The highest BCUT2D eigenvalue weighted by molar-refractivity contribution is 7.20. The first-order valence-electron chi connectivity index (χ1n) is 8.59. The molecule has 0 saturated carbocycles. The van der Waals surface area contributed by atoms with Crippen LogP contribution in [0.2, 0.25) is 0 Å². The Hall–Kier alpha value is -2.51. The summed E-state index contributed by atoms with van der Waals surface area (Å²) in [5.41, 5.74) is 3.48. The molecule has 140 valence electrons. The van der Waals surface area contributed by atoms with Crippen LogP contribution in [0, 0.1) is 6.92 Å². The number of anilines is 1. The molecule has 0 saturated heterocycles. The monoisotopic (exact) mass is 400 g/mol. The number of benzene rings is 1. The summed E-state index contributed by atoms with van der Waals surface area (Å²) in [7, 11) is 0. The fourth-order valence-corrected chi connectivity index (χ4v) is 4.26. The van der Waals surface area contributed by atoms with Crippen molar-refractivity contribution in [2.45, 2.75) is 26.7 Å². The summed E-state index contributed by atoms with van der Waals surface area (Å²) in [6, 6.07) is 9.83. The number of aromatic nitrogens is 1. The molecular weight excluding hydrogens is 380 g/mol. The molecule has 0 fully saturated rings. The Morgan fingerprint density at radius 1 is 1.19 bits per heavy atom. The SMILES string of the molecule is CCc1cccc(C)c1NC(=O)COC(=O)Cc1csc(-c2cccs2)n1. The van der Waals surface area contributed by atoms with Gasteiger partial charge in [-0.15, -0.1) is 22.7 Å². The van der Waals surface area contributed by atoms with Gasteiger partial charge < -0.3 is 10.1 Å². The quantitative estimate of drug-likeness (QED) is 0.594. The van der Waals surface area contributed by atoms with E-state index in [-0.39, 0.29) is 18.9 Å². The minimum Gasteiger partial charge on any atom is -0.455 e. The van der Waals surface area contributed by atoms with Crippen LogP contribution in [0.1, 0.15) is 23.7 Å². The Labute approximate surface area is 166 Å². The molecule has 2 heterocycles. The second kappa shape index (κ2) is 8.92. The lowest BCUT2D eigenvalue weighted by atomic mass is 10.1. The highest BCUT2D eigenvalue weighted by Gasteiger charge is 2.14. The number of para-hydroxylation sites is 1. The van der Waals surface area contributed by atoms with Crippen LogP contribution >= 0.6 is 22.7 Å². The number of hydrogen-bond donors (Lipinski definition) is 1. The average Bonchev–Trinajstić information content (AvgIpc) is 3.33. The molecule has 0 atom stereocenters. The van der Waals surface area contributed by atoms with E-state index < -0.39 is 5.97 Å². The number of amides is 1. The standard InChI is InChI=1S/C20H20N2O3S2/c1-3-14-7-4-6-13(2)19(14)22-17(23)11-25-18(24)10-15-12-27-20(21-15)16-8-5-9-26-16/h4-9,12H,3,10-11H2,1-2H3,(H,22,23). The van der Waals surface area contributed by atoms with Crippen molar-refractivity contribution in [1.29, 1.82) is 0 Å². The van der Waals surface area contributed by atoms with Crippen molar-refractivity contribution >= 4 is 40.2 Å². The van der Waals surface area contributed by atoms with Gasteiger partial charge in [0.2, 0.25) is 0 Å². The van der Waals surface area contributed by atoms with Gasteiger partial charge in [0.15, 0.2) is 6.61 Å². The van der Waals surface area contributed by atoms with Crippen molar-refractivity contribution in [3.63, 3.8) is 0 Å². The summed E-state index contributed by atoms with van der Waals surface area (Å²) in [5, 5.41) is 7.56. The predicted molar refractivity (Wildman–Crippen MR) is 109 cm³/mol. The number of nitrogens with zero attached hydrogens (tertiary/aromatic N) is 1. The number of hydrogen-bond acceptors (Lipinski definition) is 6. The third-order valence-electron chi connectivity index (χ3n) is 3.98. The van der Waals surface area contributed by atoms with E-state index in [9.17, 15) is 9.59 Å². The predicted octanol–water partition coefficient (Wildman–Crippen LogP) is 4.47. The lowest BCUT2D eigenvalue weighted by Crippen LogP contribution is -2.22. The number of thiazole rings is 1. The number of aryl methyl sites for hydroxylation is 2. The molecule has 1 amide bonds. The van der Waals surface area contributed by atoms with Crippen LogP contribution in [0.3, 0.4) is 0 Å². The first-order valence-corrected chi connectivity index (χ1v) is 10.3. The zero-order valence-electron chi connectivity index (χ0n) is 15.2. The summed E-state index contributed by atoms with van der Waals surface area (Å²) in [6.45, 7) is 3.66. The second-order valence-corrected chi connectivity index (χ2v) is 7.78. The van der Waals surface area contributed by atoms with E-state index in [0.717, 1.165) is 33.1 Å². The third-order valence-corrected chi connectivity index (χ3v) is 5.91. The molecule has 0 bridgehead atoms. The Kier molecular flexibility index (Phi) is 6.36. The number of carbonyl (C=O) groups is 2. The lowest BCUT2D eigenvalue weighted by Gasteiger charge is -2.13. The number of thiophene rings is 1. The number of rotatable bonds is 7. The van der Waals surface area contributed by atoms with Crippen LogP contribution in [-0.4, -0.2) is 23.5 Å². The van der Waals surface area contributed by atoms with Gasteiger partial charge in [0.1, 0.15) is 5.01 Å². The Morgan fingerprint density at radius 2 is 2.04 bits per heavy atom. The molecule has 0 aliphatic heterocycles. The largest absolute Gasteiger partial charge is 0.455 e. The molecule has 0 aliphatic carbocycles. The van der Waals surface area contributed by atoms with E-state index in [1.54, 1.807) is 11.3 Å². The number of carbonyl (C=O) groups excluding carboxylic acids is 2. The van der Waals surface area contributed by atoms with Crippen molar-refractivity contribution in [3.8, 4) is 9.88 Å². The van der Waals surface area contributed by atoms with Crippen molar-refractivity contribution in [2.75, 3.05) is 11.9 Å². The smallest absolute Gasteiger partial charge is 0.312 e. The summed E-state index contributed by atoms with van der Waals surface area (Å²) in [4.78, 5) is 29.7. The van der Waals surface area contributed by atoms with Crippen LogP contribution in [0.4, 0.5) is 5.69 Å². The second-order valence-electron chi connectivity index (χ2n) is 5.97. The topological polar surface area (TPSA) is 68.3 Å². The summed E-state index contributed by atoms with van der Waals surface area (Å²) in [5.74, 6) is -0.807. The van der Waals surface area contributed by atoms with E-state index in [1.165, 1.54) is 11.3 Å². The fourth-order valence-electron chi connectivity index (χ4n) is 2.62. The van der Waals surface area contributed by atoms with Crippen LogP contribution in [-0.2, 0) is 27.2 Å². The van der Waals surface area contributed by atoms with Crippen LogP contribution < -0.4 is 5.32 Å². The van der Waals surface area contributed by atoms with Gasteiger partial charge in [0, 0.05) is 11.1 Å². The van der Waals surface area contributed by atoms with Gasteiger partial charge in [-0.3, -0.25) is 9.59 Å². The molecule has 0 radical (unpaired) electrons. The van der Waals surface area contributed by atoms with Crippen molar-refractivity contribution in [2.24, 2.45) is 0 Å². The Balaban J connectivity index is 1.51. The fraction of sp³-hybridized carbons (Fsp3) is 0.250. The zero-order valence-corrected chi connectivity index (χ0v) is 16.8. The van der Waals surface area contributed by atoms with E-state index >= 15 is 0 Å². The van der Waals surface area contributed by atoms with E-state index in [4.69, 9.17) is 4.74 Å². The maximum atomic E-state index is 12.1. The molecule has 3 aromatic rings. The molecule has 0 aliphatic rings. The molecule has 5 nitrogen and oxygen atoms in total. The minimum absolute atomic E-state index is 0.0553. The van der Waals surface area contributed by atoms with E-state index in [1.807, 2.05) is 54.9 Å². The zero-order chi connectivity index (χ0) is 19.2. The van der Waals surface area contributed by atoms with Gasteiger partial charge in [0.05, 0.1) is 17.0 Å². The molecule has 3 rings (SSSR count). The van der Waals surface area contributed by atoms with Crippen molar-refractivity contribution in [3.05, 3.63) is 57.9 Å². The lowest BCUT2D eigenvalue weighted by molar-refractivity contribution is -0.146. The van der Waals surface area contributed by atoms with E-state index in [2.05, 4.69) is 10.3 Å². The minimum atomic E-state index is -0.464. The van der Waals surface area contributed by atoms with Gasteiger partial charge in [-0.2, -0.15) is 0 Å². The average molecular weight is 401 g/mol. The number of ether oxygens (including phenoxy) is 1. The molecule has 27 heavy (non-hydrogen) atoms. The number of esters is 1. The third kappa shape index (κ3) is 5.02. The maximum Gasteiger partial charge on any atom is 0.312 e. The molecular formula is C20H20N2O3S2. The van der Waals surface area contributed by atoms with Crippen LogP contribution in [0.25, 0.3) is 9.88 Å². The summed E-state index contributed by atoms with van der Waals surface area (Å²) < 4.78 is 5.11. The Bertz CT molecular complexity index is 933. The van der Waals surface area contributed by atoms with Gasteiger partial charge in [-0.1, -0.05) is 31.2 Å². The molecule has 2 aromatic heterocycles. The molecule has 1 N–H and O–H groups in total. The van der Waals surface area contributed by atoms with Gasteiger partial charge in [-0.25, -0.2) is 4.98 Å². The maximum absolute atomic E-state index is 12.1. The molecule has 0 spiro atoms. The first kappa shape index (κ1) is 19.3. The highest BCUT2D eigenvalue weighted by Crippen LogP contribution is 2.28. The van der Waals surface area contributed by atoms with E-state index in [0.29, 0.717) is 5.69 Å². The summed E-state index contributed by atoms with van der Waals surface area (Å²) in [6.07, 6.45) is 0.868. The first-order chi connectivity index (χ1) is 13.1. The van der Waals surface area contributed by atoms with Gasteiger partial charge in [-0.05, 0) is 35.9 Å². The van der Waals surface area contributed by atoms with Crippen LogP contribution in [0.15, 0.2) is 41.1 Å². The number of nitrogens with one attached hydrogen (secondary N) is 1. The normalized spacial score (nSPS) is 10.6. The summed E-state index contributed by atoms with van der Waals surface area (Å²) >= 11 is 3.10. The highest BCUT2D eigenvalue weighted by atomic mass is 32.1. The van der Waals surface area contributed by atoms with Crippen LogP contribution in [0.5, 0.6) is 0 Å². The Morgan fingerprint density at radius 3 is 2.78 bits per heavy atom. The molecule has 0 unspecified atom stereocenters. The molecule has 1 aromatic carbocycles.